The first-order valence-corrected chi connectivity index (χ1v) is 6.21. The van der Waals surface area contributed by atoms with Crippen LogP contribution in [0, 0.1) is 5.41 Å². The van der Waals surface area contributed by atoms with Gasteiger partial charge in [-0.25, -0.2) is 4.79 Å². The van der Waals surface area contributed by atoms with Crippen molar-refractivity contribution < 1.29 is 19.7 Å². The molecular weight excluding hydrogens is 234 g/mol. The molecule has 18 heavy (non-hydrogen) atoms. The van der Waals surface area contributed by atoms with Gasteiger partial charge >= 0.3 is 6.09 Å². The normalized spacial score (nSPS) is 27.3. The quantitative estimate of drug-likeness (QED) is 0.661. The van der Waals surface area contributed by atoms with Gasteiger partial charge in [0.1, 0.15) is 5.60 Å². The van der Waals surface area contributed by atoms with Crippen molar-refractivity contribution >= 4 is 6.09 Å². The summed E-state index contributed by atoms with van der Waals surface area (Å²) in [6, 6.07) is -0.154. The van der Waals surface area contributed by atoms with Crippen molar-refractivity contribution in [3.63, 3.8) is 0 Å². The molecule has 0 unspecified atom stereocenters. The summed E-state index contributed by atoms with van der Waals surface area (Å²) in [5.74, 6) is 0. The molecule has 0 heterocycles. The first-order valence-electron chi connectivity index (χ1n) is 6.21. The third-order valence-corrected chi connectivity index (χ3v) is 2.94. The number of alkyl carbamates (subject to hydrolysis) is 1. The van der Waals surface area contributed by atoms with Crippen LogP contribution in [0.1, 0.15) is 33.6 Å². The van der Waals surface area contributed by atoms with Gasteiger partial charge in [-0.2, -0.15) is 0 Å². The Labute approximate surface area is 108 Å². The summed E-state index contributed by atoms with van der Waals surface area (Å²) in [4.78, 5) is 11.6. The number of rotatable bonds is 4. The Bertz CT molecular complexity index is 321. The van der Waals surface area contributed by atoms with E-state index in [1.807, 2.05) is 12.2 Å². The SMILES string of the molecule is CC(C)(C)OC(=O)N[C@@H]1C=C[C@@](CO)(CCO)C1. The number of aliphatic hydroxyl groups is 2. The van der Waals surface area contributed by atoms with Crippen molar-refractivity contribution in [2.24, 2.45) is 5.41 Å². The summed E-state index contributed by atoms with van der Waals surface area (Å²) in [7, 11) is 0. The molecule has 1 amide bonds. The predicted octanol–water partition coefficient (Wildman–Crippen LogP) is 1.20. The van der Waals surface area contributed by atoms with E-state index in [-0.39, 0.29) is 19.3 Å². The summed E-state index contributed by atoms with van der Waals surface area (Å²) in [5, 5.41) is 21.1. The van der Waals surface area contributed by atoms with E-state index in [1.54, 1.807) is 20.8 Å². The molecule has 0 aromatic heterocycles. The molecule has 5 nitrogen and oxygen atoms in total. The van der Waals surface area contributed by atoms with Crippen LogP contribution in [0.15, 0.2) is 12.2 Å². The Morgan fingerprint density at radius 2 is 2.17 bits per heavy atom. The fraction of sp³-hybridized carbons (Fsp3) is 0.769. The zero-order chi connectivity index (χ0) is 13.8. The summed E-state index contributed by atoms with van der Waals surface area (Å²) < 4.78 is 5.17. The van der Waals surface area contributed by atoms with Gasteiger partial charge in [0.2, 0.25) is 0 Å². The smallest absolute Gasteiger partial charge is 0.408 e. The Balaban J connectivity index is 2.48. The molecule has 5 heteroatoms. The first-order chi connectivity index (χ1) is 8.30. The molecule has 3 N–H and O–H groups in total. The van der Waals surface area contributed by atoms with E-state index in [0.29, 0.717) is 12.8 Å². The van der Waals surface area contributed by atoms with E-state index in [0.717, 1.165) is 0 Å². The molecule has 0 aromatic rings. The minimum atomic E-state index is -0.522. The average Bonchev–Trinajstić information content (AvgIpc) is 2.60. The Morgan fingerprint density at radius 3 is 2.67 bits per heavy atom. The lowest BCUT2D eigenvalue weighted by Crippen LogP contribution is -2.39. The molecule has 1 aliphatic rings. The summed E-state index contributed by atoms with van der Waals surface area (Å²) >= 11 is 0. The number of carbonyl (C=O) groups excluding carboxylic acids is 1. The van der Waals surface area contributed by atoms with Crippen LogP contribution in [0.25, 0.3) is 0 Å². The third kappa shape index (κ3) is 4.31. The van der Waals surface area contributed by atoms with E-state index in [2.05, 4.69) is 5.32 Å². The highest BCUT2D eigenvalue weighted by molar-refractivity contribution is 5.68. The van der Waals surface area contributed by atoms with E-state index in [4.69, 9.17) is 9.84 Å². The van der Waals surface area contributed by atoms with Crippen LogP contribution in [0.5, 0.6) is 0 Å². The van der Waals surface area contributed by atoms with E-state index < -0.39 is 17.1 Å². The Hall–Kier alpha value is -1.07. The molecule has 0 aromatic carbocycles. The topological polar surface area (TPSA) is 78.8 Å². The Morgan fingerprint density at radius 1 is 1.50 bits per heavy atom. The number of carbonyl (C=O) groups is 1. The van der Waals surface area contributed by atoms with Gasteiger partial charge in [-0.1, -0.05) is 12.2 Å². The van der Waals surface area contributed by atoms with E-state index in [1.165, 1.54) is 0 Å². The minimum Gasteiger partial charge on any atom is -0.444 e. The summed E-state index contributed by atoms with van der Waals surface area (Å²) in [6.45, 7) is 5.41. The van der Waals surface area contributed by atoms with Crippen LogP contribution in [0.2, 0.25) is 0 Å². The highest BCUT2D eigenvalue weighted by Gasteiger charge is 2.34. The molecule has 2 atom stereocenters. The standard InChI is InChI=1S/C13H23NO4/c1-12(2,3)18-11(17)14-10-4-5-13(8-10,9-16)6-7-15/h4-5,10,15-16H,6-9H2,1-3H3,(H,14,17)/t10-,13-/m1/s1. The molecule has 0 fully saturated rings. The van der Waals surface area contributed by atoms with Crippen LogP contribution in [-0.2, 0) is 4.74 Å². The highest BCUT2D eigenvalue weighted by atomic mass is 16.6. The van der Waals surface area contributed by atoms with Crippen LogP contribution >= 0.6 is 0 Å². The van der Waals surface area contributed by atoms with E-state index >= 15 is 0 Å². The monoisotopic (exact) mass is 257 g/mol. The summed E-state index contributed by atoms with van der Waals surface area (Å²) in [5.41, 5.74) is -0.944. The molecule has 0 saturated carbocycles. The van der Waals surface area contributed by atoms with Crippen molar-refractivity contribution in [3.05, 3.63) is 12.2 Å². The van der Waals surface area contributed by atoms with Crippen molar-refractivity contribution in [2.45, 2.75) is 45.3 Å². The molecule has 1 rings (SSSR count). The van der Waals surface area contributed by atoms with E-state index in [9.17, 15) is 9.90 Å². The van der Waals surface area contributed by atoms with Crippen molar-refractivity contribution in [2.75, 3.05) is 13.2 Å². The zero-order valence-electron chi connectivity index (χ0n) is 11.3. The molecule has 0 spiro atoms. The lowest BCUT2D eigenvalue weighted by atomic mass is 9.84. The number of nitrogens with one attached hydrogen (secondary N) is 1. The highest BCUT2D eigenvalue weighted by Crippen LogP contribution is 2.34. The van der Waals surface area contributed by atoms with Crippen molar-refractivity contribution in [1.82, 2.24) is 5.32 Å². The summed E-state index contributed by atoms with van der Waals surface area (Å²) in [6.07, 6.45) is 4.33. The number of hydrogen-bond acceptors (Lipinski definition) is 4. The van der Waals surface area contributed by atoms with Gasteiger partial charge < -0.3 is 20.3 Å². The maximum Gasteiger partial charge on any atom is 0.408 e. The maximum absolute atomic E-state index is 11.6. The number of amides is 1. The second kappa shape index (κ2) is 5.71. The van der Waals surface area contributed by atoms with Gasteiger partial charge in [0, 0.05) is 12.0 Å². The number of ether oxygens (including phenoxy) is 1. The van der Waals surface area contributed by atoms with Crippen molar-refractivity contribution in [1.29, 1.82) is 0 Å². The van der Waals surface area contributed by atoms with Crippen LogP contribution < -0.4 is 5.32 Å². The Kier molecular flexibility index (Phi) is 4.76. The van der Waals surface area contributed by atoms with Gasteiger partial charge in [0.05, 0.1) is 12.6 Å². The maximum atomic E-state index is 11.6. The molecule has 0 radical (unpaired) electrons. The molecule has 1 aliphatic carbocycles. The van der Waals surface area contributed by atoms with Gasteiger partial charge in [-0.3, -0.25) is 0 Å². The van der Waals surface area contributed by atoms with Gasteiger partial charge in [0.15, 0.2) is 0 Å². The van der Waals surface area contributed by atoms with Crippen LogP contribution in [0.3, 0.4) is 0 Å². The molecule has 0 aliphatic heterocycles. The second-order valence-electron chi connectivity index (χ2n) is 5.81. The number of hydrogen-bond donors (Lipinski definition) is 3. The largest absolute Gasteiger partial charge is 0.444 e. The second-order valence-corrected chi connectivity index (χ2v) is 5.81. The third-order valence-electron chi connectivity index (χ3n) is 2.94. The van der Waals surface area contributed by atoms with Gasteiger partial charge in [0.25, 0.3) is 0 Å². The zero-order valence-corrected chi connectivity index (χ0v) is 11.3. The fourth-order valence-corrected chi connectivity index (χ4v) is 2.06. The molecule has 0 saturated heterocycles. The lowest BCUT2D eigenvalue weighted by Gasteiger charge is -2.26. The van der Waals surface area contributed by atoms with Gasteiger partial charge in [-0.05, 0) is 33.6 Å². The minimum absolute atomic E-state index is 0.0179. The van der Waals surface area contributed by atoms with Gasteiger partial charge in [-0.15, -0.1) is 0 Å². The first kappa shape index (κ1) is 15.0. The van der Waals surface area contributed by atoms with Crippen LogP contribution in [0.4, 0.5) is 4.79 Å². The predicted molar refractivity (Wildman–Crippen MR) is 68.1 cm³/mol. The molecule has 0 bridgehead atoms. The fourth-order valence-electron chi connectivity index (χ4n) is 2.06. The molecule has 104 valence electrons. The number of aliphatic hydroxyl groups excluding tert-OH is 2. The average molecular weight is 257 g/mol. The molecular formula is C13H23NO4. The van der Waals surface area contributed by atoms with Crippen LogP contribution in [-0.4, -0.2) is 41.2 Å². The van der Waals surface area contributed by atoms with Crippen molar-refractivity contribution in [3.8, 4) is 0 Å². The lowest BCUT2D eigenvalue weighted by molar-refractivity contribution is 0.0499.